The molecule has 146 valence electrons. The lowest BCUT2D eigenvalue weighted by Crippen LogP contribution is -1.98. The minimum absolute atomic E-state index is 0.0827. The van der Waals surface area contributed by atoms with Gasteiger partial charge in [-0.05, 0) is 42.8 Å². The Kier molecular flexibility index (Phi) is 4.67. The fraction of sp³-hybridized carbons (Fsp3) is 0.0952. The Morgan fingerprint density at radius 2 is 1.76 bits per heavy atom. The molecule has 0 amide bonds. The van der Waals surface area contributed by atoms with Crippen LogP contribution in [-0.4, -0.2) is 16.5 Å². The lowest BCUT2D eigenvalue weighted by Gasteiger charge is -2.09. The highest BCUT2D eigenvalue weighted by Crippen LogP contribution is 2.32. The molecule has 4 rings (SSSR count). The predicted octanol–water partition coefficient (Wildman–Crippen LogP) is 5.75. The molecular formula is C21H14F2N2O4. The first-order valence-corrected chi connectivity index (χ1v) is 8.74. The van der Waals surface area contributed by atoms with E-state index < -0.39 is 16.6 Å². The van der Waals surface area contributed by atoms with E-state index in [1.807, 2.05) is 0 Å². The van der Waals surface area contributed by atoms with Crippen molar-refractivity contribution < 1.29 is 22.9 Å². The zero-order chi connectivity index (χ0) is 20.5. The van der Waals surface area contributed by atoms with E-state index >= 15 is 0 Å². The van der Waals surface area contributed by atoms with E-state index in [1.54, 1.807) is 31.2 Å². The summed E-state index contributed by atoms with van der Waals surface area (Å²) in [5.74, 6) is -1.89. The lowest BCUT2D eigenvalue weighted by atomic mass is 10.0. The molecule has 0 aliphatic heterocycles. The summed E-state index contributed by atoms with van der Waals surface area (Å²) in [4.78, 5) is 14.6. The number of hydrogen-bond donors (Lipinski definition) is 0. The van der Waals surface area contributed by atoms with Crippen molar-refractivity contribution in [3.8, 4) is 28.3 Å². The molecule has 0 aliphatic carbocycles. The van der Waals surface area contributed by atoms with E-state index in [0.29, 0.717) is 22.2 Å². The molecule has 4 aromatic rings. The zero-order valence-corrected chi connectivity index (χ0v) is 15.2. The number of nitrogens with zero attached hydrogens (tertiary/aromatic N) is 2. The van der Waals surface area contributed by atoms with Crippen molar-refractivity contribution in [3.05, 3.63) is 76.3 Å². The Balaban J connectivity index is 1.67. The molecule has 1 aromatic heterocycles. The van der Waals surface area contributed by atoms with Crippen LogP contribution in [0.4, 0.5) is 14.5 Å². The number of non-ortho nitro benzene ring substituents is 1. The van der Waals surface area contributed by atoms with E-state index in [0.717, 1.165) is 0 Å². The van der Waals surface area contributed by atoms with Gasteiger partial charge in [-0.1, -0.05) is 12.1 Å². The van der Waals surface area contributed by atoms with Crippen LogP contribution in [0.2, 0.25) is 0 Å². The van der Waals surface area contributed by atoms with Gasteiger partial charge < -0.3 is 9.15 Å². The second kappa shape index (κ2) is 7.31. The van der Waals surface area contributed by atoms with Crippen LogP contribution in [0.3, 0.4) is 0 Å². The quantitative estimate of drug-likeness (QED) is 0.317. The minimum Gasteiger partial charge on any atom is -0.491 e. The molecule has 0 unspecified atom stereocenters. The summed E-state index contributed by atoms with van der Waals surface area (Å²) in [6.07, 6.45) is 0. The number of halogens is 2. The van der Waals surface area contributed by atoms with E-state index in [4.69, 9.17) is 9.15 Å². The Labute approximate surface area is 163 Å². The van der Waals surface area contributed by atoms with Gasteiger partial charge in [0.25, 0.3) is 5.69 Å². The number of oxazole rings is 1. The van der Waals surface area contributed by atoms with Gasteiger partial charge >= 0.3 is 0 Å². The molecule has 0 aliphatic rings. The van der Waals surface area contributed by atoms with Crippen molar-refractivity contribution in [1.82, 2.24) is 4.98 Å². The summed E-state index contributed by atoms with van der Waals surface area (Å²) in [5, 5.41) is 10.9. The lowest BCUT2D eigenvalue weighted by molar-refractivity contribution is -0.384. The SMILES string of the molecule is CCOc1ccc(-c2ccc(-c3nc4cc([N+](=O)[O-])ccc4o3)cc2)c(F)c1F. The number of rotatable bonds is 5. The van der Waals surface area contributed by atoms with Gasteiger partial charge in [-0.15, -0.1) is 0 Å². The highest BCUT2D eigenvalue weighted by Gasteiger charge is 2.17. The van der Waals surface area contributed by atoms with Crippen molar-refractivity contribution in [2.45, 2.75) is 6.92 Å². The second-order valence-corrected chi connectivity index (χ2v) is 6.18. The normalized spacial score (nSPS) is 11.0. The standard InChI is InChI=1S/C21H14F2N2O4/c1-2-28-18-10-8-15(19(22)20(18)23)12-3-5-13(6-4-12)21-24-16-11-14(25(26)27)7-9-17(16)29-21/h3-11H,2H2,1H3. The number of hydrogen-bond acceptors (Lipinski definition) is 5. The van der Waals surface area contributed by atoms with Gasteiger partial charge in [0.2, 0.25) is 11.7 Å². The van der Waals surface area contributed by atoms with Crippen molar-refractivity contribution in [2.24, 2.45) is 0 Å². The smallest absolute Gasteiger partial charge is 0.271 e. The third-order valence-electron chi connectivity index (χ3n) is 4.37. The summed E-state index contributed by atoms with van der Waals surface area (Å²) in [7, 11) is 0. The first-order chi connectivity index (χ1) is 14.0. The molecule has 0 atom stereocenters. The van der Waals surface area contributed by atoms with Crippen LogP contribution in [0, 0.1) is 21.7 Å². The molecule has 8 heteroatoms. The average Bonchev–Trinajstić information content (AvgIpc) is 3.15. The average molecular weight is 396 g/mol. The van der Waals surface area contributed by atoms with Gasteiger partial charge in [-0.25, -0.2) is 9.37 Å². The Bertz CT molecular complexity index is 1220. The van der Waals surface area contributed by atoms with Crippen molar-refractivity contribution in [3.63, 3.8) is 0 Å². The molecule has 6 nitrogen and oxygen atoms in total. The van der Waals surface area contributed by atoms with Crippen molar-refractivity contribution >= 4 is 16.8 Å². The third kappa shape index (κ3) is 3.40. The Morgan fingerprint density at radius 3 is 2.45 bits per heavy atom. The van der Waals surface area contributed by atoms with Crippen LogP contribution in [0.5, 0.6) is 5.75 Å². The minimum atomic E-state index is -1.03. The van der Waals surface area contributed by atoms with Crippen molar-refractivity contribution in [1.29, 1.82) is 0 Å². The number of nitro benzene ring substituents is 1. The van der Waals surface area contributed by atoms with Crippen LogP contribution in [0.25, 0.3) is 33.7 Å². The monoisotopic (exact) mass is 396 g/mol. The van der Waals surface area contributed by atoms with Gasteiger partial charge in [0.05, 0.1) is 11.5 Å². The number of benzene rings is 3. The van der Waals surface area contributed by atoms with E-state index in [-0.39, 0.29) is 29.5 Å². The molecule has 29 heavy (non-hydrogen) atoms. The van der Waals surface area contributed by atoms with Gasteiger partial charge in [0.15, 0.2) is 17.1 Å². The molecular weight excluding hydrogens is 382 g/mol. The van der Waals surface area contributed by atoms with Crippen LogP contribution in [0.1, 0.15) is 6.92 Å². The van der Waals surface area contributed by atoms with E-state index in [9.17, 15) is 18.9 Å². The predicted molar refractivity (Wildman–Crippen MR) is 103 cm³/mol. The first kappa shape index (κ1) is 18.5. The van der Waals surface area contributed by atoms with Crippen LogP contribution in [0.15, 0.2) is 59.0 Å². The summed E-state index contributed by atoms with van der Waals surface area (Å²) in [6, 6.07) is 13.5. The molecule has 0 fully saturated rings. The molecule has 0 saturated carbocycles. The first-order valence-electron chi connectivity index (χ1n) is 8.74. The second-order valence-electron chi connectivity index (χ2n) is 6.18. The Hall–Kier alpha value is -3.81. The maximum Gasteiger partial charge on any atom is 0.271 e. The number of nitro groups is 1. The van der Waals surface area contributed by atoms with Gasteiger partial charge in [0, 0.05) is 23.3 Å². The Morgan fingerprint density at radius 1 is 1.03 bits per heavy atom. The summed E-state index contributed by atoms with van der Waals surface area (Å²) >= 11 is 0. The van der Waals surface area contributed by atoms with Gasteiger partial charge in [0.1, 0.15) is 5.52 Å². The molecule has 0 saturated heterocycles. The van der Waals surface area contributed by atoms with Crippen LogP contribution in [-0.2, 0) is 0 Å². The van der Waals surface area contributed by atoms with Crippen LogP contribution < -0.4 is 4.74 Å². The molecule has 0 radical (unpaired) electrons. The number of fused-ring (bicyclic) bond motifs is 1. The van der Waals surface area contributed by atoms with Gasteiger partial charge in [-0.3, -0.25) is 10.1 Å². The van der Waals surface area contributed by atoms with E-state index in [1.165, 1.54) is 30.3 Å². The molecule has 0 bridgehead atoms. The number of ether oxygens (including phenoxy) is 1. The maximum absolute atomic E-state index is 14.4. The summed E-state index contributed by atoms with van der Waals surface area (Å²) < 4.78 is 39.2. The largest absolute Gasteiger partial charge is 0.491 e. The van der Waals surface area contributed by atoms with Crippen molar-refractivity contribution in [2.75, 3.05) is 6.61 Å². The highest BCUT2D eigenvalue weighted by atomic mass is 19.2. The van der Waals surface area contributed by atoms with Crippen LogP contribution >= 0.6 is 0 Å². The zero-order valence-electron chi connectivity index (χ0n) is 15.2. The fourth-order valence-electron chi connectivity index (χ4n) is 2.97. The van der Waals surface area contributed by atoms with E-state index in [2.05, 4.69) is 4.98 Å². The summed E-state index contributed by atoms with van der Waals surface area (Å²) in [5.41, 5.74) is 1.86. The molecule has 0 spiro atoms. The summed E-state index contributed by atoms with van der Waals surface area (Å²) in [6.45, 7) is 1.92. The molecule has 0 N–H and O–H groups in total. The molecule has 1 heterocycles. The fourth-order valence-corrected chi connectivity index (χ4v) is 2.97. The topological polar surface area (TPSA) is 78.4 Å². The molecule has 3 aromatic carbocycles. The van der Waals surface area contributed by atoms with Gasteiger partial charge in [-0.2, -0.15) is 4.39 Å². The maximum atomic E-state index is 14.4. The highest BCUT2D eigenvalue weighted by molar-refractivity contribution is 5.79. The third-order valence-corrected chi connectivity index (χ3v) is 4.37. The number of aromatic nitrogens is 1.